The van der Waals surface area contributed by atoms with Gasteiger partial charge in [-0.1, -0.05) is 12.2 Å². The van der Waals surface area contributed by atoms with E-state index in [0.29, 0.717) is 5.82 Å². The number of nitrogens with zero attached hydrogens (tertiary/aromatic N) is 1. The maximum absolute atomic E-state index is 12.1. The summed E-state index contributed by atoms with van der Waals surface area (Å²) in [5, 5.41) is 10.4. The molecule has 0 radical (unpaired) electrons. The highest BCUT2D eigenvalue weighted by molar-refractivity contribution is 5.73. The number of carbonyl (C=O) groups excluding carboxylic acids is 1. The van der Waals surface area contributed by atoms with Crippen LogP contribution in [-0.4, -0.2) is 27.1 Å². The average Bonchev–Trinajstić information content (AvgIpc) is 2.93. The molecule has 0 spiro atoms. The molecule has 0 bridgehead atoms. The van der Waals surface area contributed by atoms with Gasteiger partial charge in [-0.25, -0.2) is 4.98 Å². The Hall–Kier alpha value is -1.62. The second-order valence-corrected chi connectivity index (χ2v) is 5.15. The van der Waals surface area contributed by atoms with E-state index in [0.717, 1.165) is 19.3 Å². The molecule has 0 saturated carbocycles. The number of esters is 1. The van der Waals surface area contributed by atoms with Crippen LogP contribution in [-0.2, 0) is 15.1 Å². The highest BCUT2D eigenvalue weighted by atomic mass is 16.5. The molecule has 0 amide bonds. The Morgan fingerprint density at radius 3 is 3.00 bits per heavy atom. The minimum absolute atomic E-state index is 0.0765. The van der Waals surface area contributed by atoms with Crippen molar-refractivity contribution in [1.29, 1.82) is 0 Å². The number of hydrogen-bond donors (Lipinski definition) is 2. The van der Waals surface area contributed by atoms with Crippen molar-refractivity contribution in [2.75, 3.05) is 0 Å². The Balaban J connectivity index is 2.00. The van der Waals surface area contributed by atoms with Gasteiger partial charge in [0.25, 0.3) is 0 Å². The van der Waals surface area contributed by atoms with Crippen molar-refractivity contribution in [2.24, 2.45) is 5.92 Å². The average molecular weight is 264 g/mol. The number of carbonyl (C=O) groups is 1. The van der Waals surface area contributed by atoms with Gasteiger partial charge in [0, 0.05) is 18.8 Å². The van der Waals surface area contributed by atoms with Crippen LogP contribution in [0.5, 0.6) is 0 Å². The maximum atomic E-state index is 12.1. The molecule has 3 unspecified atom stereocenters. The second kappa shape index (κ2) is 5.57. The van der Waals surface area contributed by atoms with E-state index >= 15 is 0 Å². The summed E-state index contributed by atoms with van der Waals surface area (Å²) in [6.07, 6.45) is 9.73. The Bertz CT molecular complexity index is 451. The summed E-state index contributed by atoms with van der Waals surface area (Å²) in [5.74, 6) is -0.688. The molecule has 1 aliphatic carbocycles. The predicted octanol–water partition coefficient (Wildman–Crippen LogP) is 1.91. The minimum Gasteiger partial charge on any atom is -0.462 e. The van der Waals surface area contributed by atoms with Crippen LogP contribution >= 0.6 is 0 Å². The molecule has 0 saturated heterocycles. The predicted molar refractivity (Wildman–Crippen MR) is 70.2 cm³/mol. The third-order valence-corrected chi connectivity index (χ3v) is 3.68. The zero-order valence-electron chi connectivity index (χ0n) is 11.3. The normalized spacial score (nSPS) is 23.6. The number of imidazole rings is 1. The third-order valence-electron chi connectivity index (χ3n) is 3.68. The van der Waals surface area contributed by atoms with Crippen LogP contribution in [0.3, 0.4) is 0 Å². The molecular weight excluding hydrogens is 244 g/mol. The third kappa shape index (κ3) is 3.04. The molecule has 19 heavy (non-hydrogen) atoms. The highest BCUT2D eigenvalue weighted by Gasteiger charge is 2.39. The molecule has 0 aromatic carbocycles. The van der Waals surface area contributed by atoms with E-state index in [2.05, 4.69) is 16.0 Å². The van der Waals surface area contributed by atoms with Crippen molar-refractivity contribution < 1.29 is 14.6 Å². The van der Waals surface area contributed by atoms with Gasteiger partial charge in [0.15, 0.2) is 0 Å². The van der Waals surface area contributed by atoms with Gasteiger partial charge < -0.3 is 14.8 Å². The zero-order chi connectivity index (χ0) is 13.9. The van der Waals surface area contributed by atoms with Crippen LogP contribution in [0.25, 0.3) is 0 Å². The van der Waals surface area contributed by atoms with Crippen molar-refractivity contribution in [2.45, 2.75) is 44.8 Å². The molecule has 0 aliphatic heterocycles. The van der Waals surface area contributed by atoms with Crippen molar-refractivity contribution in [3.05, 3.63) is 30.4 Å². The Morgan fingerprint density at radius 2 is 2.42 bits per heavy atom. The van der Waals surface area contributed by atoms with E-state index in [9.17, 15) is 9.90 Å². The van der Waals surface area contributed by atoms with Crippen molar-refractivity contribution in [1.82, 2.24) is 9.97 Å². The van der Waals surface area contributed by atoms with Crippen LogP contribution in [0.4, 0.5) is 0 Å². The monoisotopic (exact) mass is 264 g/mol. The summed E-state index contributed by atoms with van der Waals surface area (Å²) in [4.78, 5) is 19.0. The summed E-state index contributed by atoms with van der Waals surface area (Å²) in [5.41, 5.74) is -1.36. The topological polar surface area (TPSA) is 75.2 Å². The van der Waals surface area contributed by atoms with E-state index in [1.807, 2.05) is 6.08 Å². The molecular formula is C14H20N2O3. The number of aliphatic hydroxyl groups is 1. The first kappa shape index (κ1) is 13.8. The molecule has 1 aromatic heterocycles. The van der Waals surface area contributed by atoms with Gasteiger partial charge in [0.05, 0.1) is 5.92 Å². The Labute approximate surface area is 112 Å². The number of rotatable bonds is 4. The first-order valence-corrected chi connectivity index (χ1v) is 6.59. The minimum atomic E-state index is -1.36. The number of allylic oxidation sites excluding steroid dienone is 1. The Kier molecular flexibility index (Phi) is 4.04. The van der Waals surface area contributed by atoms with Crippen molar-refractivity contribution in [3.63, 3.8) is 0 Å². The lowest BCUT2D eigenvalue weighted by atomic mass is 9.90. The molecule has 2 rings (SSSR count). The Morgan fingerprint density at radius 1 is 1.63 bits per heavy atom. The molecule has 2 N–H and O–H groups in total. The lowest BCUT2D eigenvalue weighted by molar-refractivity contribution is -0.163. The number of ether oxygens (including phenoxy) is 1. The largest absolute Gasteiger partial charge is 0.462 e. The molecule has 0 fully saturated rings. The van der Waals surface area contributed by atoms with Crippen molar-refractivity contribution in [3.8, 4) is 0 Å². The van der Waals surface area contributed by atoms with Crippen LogP contribution in [0.15, 0.2) is 24.5 Å². The standard InChI is InChI=1S/C14H20N2O3/c1-10(14(2,18)13-15-8-9-16-13)12(17)19-11-6-4-3-5-7-11/h3-4,8-11,18H,5-7H2,1-2H3,(H,15,16). The molecule has 5 heteroatoms. The first-order chi connectivity index (χ1) is 9.01. The van der Waals surface area contributed by atoms with Crippen molar-refractivity contribution >= 4 is 5.97 Å². The summed E-state index contributed by atoms with van der Waals surface area (Å²) in [7, 11) is 0. The quantitative estimate of drug-likeness (QED) is 0.643. The van der Waals surface area contributed by atoms with E-state index in [1.165, 1.54) is 0 Å². The summed E-state index contributed by atoms with van der Waals surface area (Å²) in [6, 6.07) is 0. The summed E-state index contributed by atoms with van der Waals surface area (Å²) >= 11 is 0. The van der Waals surface area contributed by atoms with Gasteiger partial charge in [-0.15, -0.1) is 0 Å². The van der Waals surface area contributed by atoms with E-state index in [4.69, 9.17) is 4.74 Å². The molecule has 1 aromatic rings. The van der Waals surface area contributed by atoms with Gasteiger partial charge >= 0.3 is 5.97 Å². The van der Waals surface area contributed by atoms with E-state index < -0.39 is 11.5 Å². The van der Waals surface area contributed by atoms with Crippen LogP contribution in [0, 0.1) is 5.92 Å². The summed E-state index contributed by atoms with van der Waals surface area (Å²) < 4.78 is 5.45. The van der Waals surface area contributed by atoms with Gasteiger partial charge in [-0.2, -0.15) is 0 Å². The van der Waals surface area contributed by atoms with Crippen LogP contribution in [0.1, 0.15) is 38.9 Å². The van der Waals surface area contributed by atoms with Crippen LogP contribution < -0.4 is 0 Å². The fourth-order valence-corrected chi connectivity index (χ4v) is 2.12. The molecule has 5 nitrogen and oxygen atoms in total. The van der Waals surface area contributed by atoms with E-state index in [1.54, 1.807) is 26.2 Å². The van der Waals surface area contributed by atoms with Gasteiger partial charge in [0.2, 0.25) is 0 Å². The number of aromatic amines is 1. The van der Waals surface area contributed by atoms with Gasteiger partial charge in [-0.05, 0) is 26.7 Å². The fourth-order valence-electron chi connectivity index (χ4n) is 2.12. The number of hydrogen-bond acceptors (Lipinski definition) is 4. The van der Waals surface area contributed by atoms with Crippen LogP contribution in [0.2, 0.25) is 0 Å². The van der Waals surface area contributed by atoms with Gasteiger partial charge in [0.1, 0.15) is 17.5 Å². The second-order valence-electron chi connectivity index (χ2n) is 5.15. The smallest absolute Gasteiger partial charge is 0.312 e. The number of aromatic nitrogens is 2. The van der Waals surface area contributed by atoms with E-state index in [-0.39, 0.29) is 12.1 Å². The first-order valence-electron chi connectivity index (χ1n) is 6.59. The molecule has 104 valence electrons. The SMILES string of the molecule is CC(C(=O)OC1CC=CCC1)C(C)(O)c1ncc[nH]1. The lowest BCUT2D eigenvalue weighted by Crippen LogP contribution is -2.38. The number of nitrogens with one attached hydrogen (secondary N) is 1. The molecule has 1 heterocycles. The fraction of sp³-hybridized carbons (Fsp3) is 0.571. The lowest BCUT2D eigenvalue weighted by Gasteiger charge is -2.28. The molecule has 1 aliphatic rings. The van der Waals surface area contributed by atoms with Gasteiger partial charge in [-0.3, -0.25) is 4.79 Å². The summed E-state index contributed by atoms with van der Waals surface area (Å²) in [6.45, 7) is 3.22. The maximum Gasteiger partial charge on any atom is 0.312 e. The zero-order valence-corrected chi connectivity index (χ0v) is 11.3. The number of H-pyrrole nitrogens is 1. The highest BCUT2D eigenvalue weighted by Crippen LogP contribution is 2.28. The molecule has 3 atom stereocenters.